The first-order valence-electron chi connectivity index (χ1n) is 13.9. The third-order valence-electron chi connectivity index (χ3n) is 8.13. The second-order valence-electron chi connectivity index (χ2n) is 11.0. The van der Waals surface area contributed by atoms with Crippen molar-refractivity contribution in [1.29, 1.82) is 0 Å². The number of pyridine rings is 1. The van der Waals surface area contributed by atoms with Crippen LogP contribution in [0.25, 0.3) is 33.0 Å². The molecule has 0 radical (unpaired) electrons. The average Bonchev–Trinajstić information content (AvgIpc) is 3.59. The van der Waals surface area contributed by atoms with Crippen molar-refractivity contribution in [3.63, 3.8) is 0 Å². The van der Waals surface area contributed by atoms with Gasteiger partial charge in [0.25, 0.3) is 11.8 Å². The summed E-state index contributed by atoms with van der Waals surface area (Å²) in [5.41, 5.74) is 7.01. The number of anilines is 1. The van der Waals surface area contributed by atoms with Gasteiger partial charge in [0.05, 0.1) is 11.1 Å². The first-order chi connectivity index (χ1) is 19.5. The first kappa shape index (κ1) is 24.4. The SMILES string of the molecule is CN(C)c1cc2cc(n1)CCCn1cc(c3ccccc31)C1=C(C(=O)NC1=O)c1cn(c3ccccc13)CCC2. The van der Waals surface area contributed by atoms with Gasteiger partial charge in [-0.3, -0.25) is 14.9 Å². The van der Waals surface area contributed by atoms with Gasteiger partial charge >= 0.3 is 0 Å². The van der Waals surface area contributed by atoms with Crippen molar-refractivity contribution in [2.45, 2.75) is 38.8 Å². The minimum atomic E-state index is -0.339. The number of rotatable bonds is 1. The third-order valence-corrected chi connectivity index (χ3v) is 8.13. The summed E-state index contributed by atoms with van der Waals surface area (Å²) in [7, 11) is 4.08. The van der Waals surface area contributed by atoms with Crippen molar-refractivity contribution in [3.05, 3.63) is 95.4 Å². The minimum Gasteiger partial charge on any atom is -0.363 e. The number of aromatic nitrogens is 3. The van der Waals surface area contributed by atoms with Crippen molar-refractivity contribution in [1.82, 2.24) is 19.4 Å². The van der Waals surface area contributed by atoms with Crippen molar-refractivity contribution < 1.29 is 9.59 Å². The zero-order valence-corrected chi connectivity index (χ0v) is 22.8. The molecule has 2 aliphatic heterocycles. The zero-order chi connectivity index (χ0) is 27.4. The fourth-order valence-electron chi connectivity index (χ4n) is 6.25. The second-order valence-corrected chi connectivity index (χ2v) is 11.0. The van der Waals surface area contributed by atoms with Gasteiger partial charge < -0.3 is 14.0 Å². The Labute approximate surface area is 232 Å². The van der Waals surface area contributed by atoms with Crippen molar-refractivity contribution in [3.8, 4) is 0 Å². The van der Waals surface area contributed by atoms with Crippen molar-refractivity contribution in [2.75, 3.05) is 19.0 Å². The molecule has 3 aromatic heterocycles. The molecule has 5 aromatic rings. The highest BCUT2D eigenvalue weighted by atomic mass is 16.2. The Hall–Kier alpha value is -4.65. The van der Waals surface area contributed by atoms with Crippen LogP contribution in [0.15, 0.2) is 73.1 Å². The van der Waals surface area contributed by atoms with E-state index in [1.54, 1.807) is 0 Å². The van der Waals surface area contributed by atoms with Crippen molar-refractivity contribution in [2.24, 2.45) is 0 Å². The zero-order valence-electron chi connectivity index (χ0n) is 22.8. The molecule has 0 aliphatic carbocycles. The fraction of sp³-hybridized carbons (Fsp3) is 0.242. The average molecular weight is 530 g/mol. The topological polar surface area (TPSA) is 72.2 Å². The molecule has 5 heterocycles. The van der Waals surface area contributed by atoms with E-state index in [4.69, 9.17) is 4.98 Å². The van der Waals surface area contributed by atoms with Gasteiger partial charge in [0, 0.05) is 78.2 Å². The maximum Gasteiger partial charge on any atom is 0.259 e. The van der Waals surface area contributed by atoms with E-state index < -0.39 is 0 Å². The molecule has 2 aliphatic rings. The van der Waals surface area contributed by atoms with Crippen LogP contribution >= 0.6 is 0 Å². The second kappa shape index (κ2) is 9.52. The molecule has 0 spiro atoms. The number of nitrogens with one attached hydrogen (secondary N) is 1. The molecule has 1 N–H and O–H groups in total. The number of amides is 2. The third kappa shape index (κ3) is 4.01. The number of carbonyl (C=O) groups is 2. The lowest BCUT2D eigenvalue weighted by Crippen LogP contribution is -2.22. The maximum absolute atomic E-state index is 13.4. The predicted molar refractivity (Wildman–Crippen MR) is 159 cm³/mol. The normalized spacial score (nSPS) is 15.8. The molecular formula is C33H31N5O2. The molecule has 7 nitrogen and oxygen atoms in total. The number of carbonyl (C=O) groups excluding carboxylic acids is 2. The number of nitrogens with zero attached hydrogens (tertiary/aromatic N) is 4. The fourth-order valence-corrected chi connectivity index (χ4v) is 6.25. The largest absolute Gasteiger partial charge is 0.363 e. The van der Waals surface area contributed by atoms with Gasteiger partial charge in [-0.05, 0) is 55.5 Å². The van der Waals surface area contributed by atoms with Gasteiger partial charge in [-0.1, -0.05) is 36.4 Å². The summed E-state index contributed by atoms with van der Waals surface area (Å²) in [6, 6.07) is 20.7. The van der Waals surface area contributed by atoms with E-state index in [0.717, 1.165) is 83.2 Å². The quantitative estimate of drug-likeness (QED) is 0.303. The summed E-state index contributed by atoms with van der Waals surface area (Å²) in [5, 5.41) is 4.55. The number of fused-ring (bicyclic) bond motifs is 14. The van der Waals surface area contributed by atoms with Gasteiger partial charge in [0.1, 0.15) is 5.82 Å². The van der Waals surface area contributed by atoms with Crippen LogP contribution in [-0.4, -0.2) is 40.0 Å². The number of para-hydroxylation sites is 2. The number of hydrogen-bond acceptors (Lipinski definition) is 4. The summed E-state index contributed by atoms with van der Waals surface area (Å²) in [6.07, 6.45) is 7.73. The highest BCUT2D eigenvalue weighted by molar-refractivity contribution is 6.50. The molecule has 0 saturated heterocycles. The molecule has 200 valence electrons. The summed E-state index contributed by atoms with van der Waals surface area (Å²) in [4.78, 5) is 33.8. The summed E-state index contributed by atoms with van der Waals surface area (Å²) < 4.78 is 4.44. The number of benzene rings is 2. The van der Waals surface area contributed by atoms with Gasteiger partial charge in [-0.25, -0.2) is 4.98 Å². The van der Waals surface area contributed by atoms with Crippen LogP contribution in [0.5, 0.6) is 0 Å². The lowest BCUT2D eigenvalue weighted by molar-refractivity contribution is -0.122. The highest BCUT2D eigenvalue weighted by Crippen LogP contribution is 2.39. The van der Waals surface area contributed by atoms with Crippen LogP contribution in [-0.2, 0) is 35.5 Å². The van der Waals surface area contributed by atoms with Crippen LogP contribution in [0.2, 0.25) is 0 Å². The number of hydrogen-bond donors (Lipinski definition) is 1. The predicted octanol–water partition coefficient (Wildman–Crippen LogP) is 5.20. The van der Waals surface area contributed by atoms with Crippen LogP contribution in [0.3, 0.4) is 0 Å². The molecule has 0 saturated carbocycles. The summed E-state index contributed by atoms with van der Waals surface area (Å²) in [5.74, 6) is 0.308. The van der Waals surface area contributed by atoms with Crippen LogP contribution < -0.4 is 10.2 Å². The van der Waals surface area contributed by atoms with Gasteiger partial charge in [0.2, 0.25) is 0 Å². The highest BCUT2D eigenvalue weighted by Gasteiger charge is 2.35. The van der Waals surface area contributed by atoms with E-state index in [1.807, 2.05) is 56.7 Å². The van der Waals surface area contributed by atoms with E-state index in [0.29, 0.717) is 11.1 Å². The van der Waals surface area contributed by atoms with Crippen LogP contribution in [0.4, 0.5) is 5.82 Å². The minimum absolute atomic E-state index is 0.337. The molecular weight excluding hydrogens is 498 g/mol. The first-order valence-corrected chi connectivity index (χ1v) is 13.9. The lowest BCUT2D eigenvalue weighted by Gasteiger charge is -2.15. The molecule has 0 unspecified atom stereocenters. The van der Waals surface area contributed by atoms with Gasteiger partial charge in [-0.15, -0.1) is 0 Å². The molecule has 2 aromatic carbocycles. The Kier molecular flexibility index (Phi) is 5.81. The van der Waals surface area contributed by atoms with Gasteiger partial charge in [0.15, 0.2) is 0 Å². The van der Waals surface area contributed by atoms with E-state index in [1.165, 1.54) is 5.56 Å². The Morgan fingerprint density at radius 1 is 0.750 bits per heavy atom. The Bertz CT molecular complexity index is 1730. The monoisotopic (exact) mass is 529 g/mol. The smallest absolute Gasteiger partial charge is 0.259 e. The molecule has 2 amide bonds. The molecule has 7 rings (SSSR count). The van der Waals surface area contributed by atoms with Crippen LogP contribution in [0.1, 0.15) is 35.2 Å². The van der Waals surface area contributed by atoms with E-state index in [2.05, 4.69) is 49.8 Å². The molecule has 0 atom stereocenters. The molecule has 6 bridgehead atoms. The van der Waals surface area contributed by atoms with Gasteiger partial charge in [-0.2, -0.15) is 0 Å². The van der Waals surface area contributed by atoms with E-state index in [-0.39, 0.29) is 11.8 Å². The standard InChI is InChI=1S/C33H31N5O2/c1-36(2)29-18-21-9-7-15-37-19-25(23-11-3-5-13-27(23)37)30-31(33(40)35-32(30)39)26-20-38(16-8-10-22(17-21)34-29)28-14-6-4-12-24(26)28/h3-6,11-14,17-20H,7-10,15-16H2,1-2H3,(H,35,39,40). The number of aryl methyl sites for hydroxylation is 4. The van der Waals surface area contributed by atoms with Crippen LogP contribution in [0, 0.1) is 0 Å². The van der Waals surface area contributed by atoms with E-state index >= 15 is 0 Å². The van der Waals surface area contributed by atoms with E-state index in [9.17, 15) is 9.59 Å². The Morgan fingerprint density at radius 3 is 1.88 bits per heavy atom. The maximum atomic E-state index is 13.4. The lowest BCUT2D eigenvalue weighted by atomic mass is 9.95. The molecule has 0 fully saturated rings. The summed E-state index contributed by atoms with van der Waals surface area (Å²) in [6.45, 7) is 1.58. The Morgan fingerprint density at radius 2 is 1.30 bits per heavy atom. The van der Waals surface area contributed by atoms with Crippen molar-refractivity contribution >= 4 is 50.6 Å². The molecule has 40 heavy (non-hydrogen) atoms. The number of imide groups is 1. The molecule has 7 heteroatoms. The Balaban J connectivity index is 1.45. The summed E-state index contributed by atoms with van der Waals surface area (Å²) >= 11 is 0.